The number of benzene rings is 1. The first-order valence-corrected chi connectivity index (χ1v) is 8.37. The van der Waals surface area contributed by atoms with Crippen molar-refractivity contribution in [3.05, 3.63) is 53.1 Å². The Morgan fingerprint density at radius 3 is 2.00 bits per heavy atom. The van der Waals surface area contributed by atoms with Gasteiger partial charge in [-0.15, -0.1) is 0 Å². The third kappa shape index (κ3) is 6.62. The molecule has 0 aliphatic carbocycles. The standard InChI is InChI=1S/C21H29/c1-4-7-10-14-19-16-13-17-20(15-11-8-5-2)21(19)18-12-9-6-3/h10-16,18H,4-9H2,1-3H3/b14-10+,15-11+,18-12+. The second kappa shape index (κ2) is 11.1. The van der Waals surface area contributed by atoms with Crippen molar-refractivity contribution in [2.24, 2.45) is 0 Å². The lowest BCUT2D eigenvalue weighted by Crippen LogP contribution is -1.87. The van der Waals surface area contributed by atoms with E-state index in [9.17, 15) is 0 Å². The molecule has 1 aromatic carbocycles. The fourth-order valence-electron chi connectivity index (χ4n) is 2.13. The Morgan fingerprint density at radius 2 is 1.38 bits per heavy atom. The van der Waals surface area contributed by atoms with Crippen LogP contribution in [-0.2, 0) is 0 Å². The van der Waals surface area contributed by atoms with Crippen molar-refractivity contribution in [1.82, 2.24) is 0 Å². The van der Waals surface area contributed by atoms with E-state index in [1.54, 1.807) is 0 Å². The molecule has 0 heteroatoms. The van der Waals surface area contributed by atoms with Crippen LogP contribution in [-0.4, -0.2) is 0 Å². The molecule has 1 aromatic rings. The zero-order chi connectivity index (χ0) is 15.3. The molecule has 0 amide bonds. The van der Waals surface area contributed by atoms with Crippen LogP contribution in [0.5, 0.6) is 0 Å². The summed E-state index contributed by atoms with van der Waals surface area (Å²) >= 11 is 0. The average molecular weight is 281 g/mol. The molecule has 0 saturated carbocycles. The Labute approximate surface area is 131 Å². The summed E-state index contributed by atoms with van der Waals surface area (Å²) in [6.45, 7) is 6.63. The average Bonchev–Trinajstić information content (AvgIpc) is 2.50. The van der Waals surface area contributed by atoms with Gasteiger partial charge in [0.2, 0.25) is 0 Å². The molecule has 0 heterocycles. The van der Waals surface area contributed by atoms with Gasteiger partial charge in [0.1, 0.15) is 0 Å². The Bertz CT molecular complexity index is 441. The summed E-state index contributed by atoms with van der Waals surface area (Å²) in [5.41, 5.74) is 3.80. The summed E-state index contributed by atoms with van der Waals surface area (Å²) in [5, 5.41) is 0. The molecular weight excluding hydrogens is 252 g/mol. The second-order valence-electron chi connectivity index (χ2n) is 5.33. The van der Waals surface area contributed by atoms with E-state index in [-0.39, 0.29) is 0 Å². The Balaban J connectivity index is 3.07. The minimum atomic E-state index is 1.13. The lowest BCUT2D eigenvalue weighted by Gasteiger charge is -2.06. The second-order valence-corrected chi connectivity index (χ2v) is 5.33. The Kier molecular flexibility index (Phi) is 9.28. The van der Waals surface area contributed by atoms with Gasteiger partial charge >= 0.3 is 0 Å². The first kappa shape index (κ1) is 17.5. The maximum absolute atomic E-state index is 3.38. The summed E-state index contributed by atoms with van der Waals surface area (Å²) in [4.78, 5) is 0. The molecule has 113 valence electrons. The number of hydrogen-bond donors (Lipinski definition) is 0. The third-order valence-electron chi connectivity index (χ3n) is 3.34. The number of rotatable bonds is 9. The predicted molar refractivity (Wildman–Crippen MR) is 97.1 cm³/mol. The summed E-state index contributed by atoms with van der Waals surface area (Å²) in [7, 11) is 0. The van der Waals surface area contributed by atoms with E-state index in [1.165, 1.54) is 36.0 Å². The van der Waals surface area contributed by atoms with Crippen molar-refractivity contribution in [3.63, 3.8) is 0 Å². The fourth-order valence-corrected chi connectivity index (χ4v) is 2.13. The highest BCUT2D eigenvalue weighted by Crippen LogP contribution is 2.20. The minimum absolute atomic E-state index is 1.13. The number of hydrogen-bond acceptors (Lipinski definition) is 0. The first-order valence-electron chi connectivity index (χ1n) is 8.37. The van der Waals surface area contributed by atoms with Crippen molar-refractivity contribution < 1.29 is 0 Å². The van der Waals surface area contributed by atoms with Gasteiger partial charge in [-0.3, -0.25) is 0 Å². The zero-order valence-electron chi connectivity index (χ0n) is 13.9. The molecule has 0 saturated heterocycles. The van der Waals surface area contributed by atoms with E-state index >= 15 is 0 Å². The van der Waals surface area contributed by atoms with E-state index in [4.69, 9.17) is 0 Å². The van der Waals surface area contributed by atoms with Crippen LogP contribution in [0.15, 0.2) is 30.4 Å². The highest BCUT2D eigenvalue weighted by molar-refractivity contribution is 5.73. The molecule has 0 unspecified atom stereocenters. The molecule has 0 nitrogen and oxygen atoms in total. The van der Waals surface area contributed by atoms with E-state index in [0.29, 0.717) is 0 Å². The van der Waals surface area contributed by atoms with Gasteiger partial charge in [-0.25, -0.2) is 0 Å². The van der Waals surface area contributed by atoms with Gasteiger partial charge in [-0.05, 0) is 42.0 Å². The summed E-state index contributed by atoms with van der Waals surface area (Å²) in [6.07, 6.45) is 20.5. The molecule has 0 atom stereocenters. The van der Waals surface area contributed by atoms with Gasteiger partial charge in [-0.1, -0.05) is 88.6 Å². The number of allylic oxidation sites excluding steroid dienone is 3. The molecule has 0 aliphatic heterocycles. The maximum Gasteiger partial charge on any atom is -0.00989 e. The first-order chi connectivity index (χ1) is 10.3. The smallest absolute Gasteiger partial charge is 0.00989 e. The highest BCUT2D eigenvalue weighted by Gasteiger charge is 2.01. The monoisotopic (exact) mass is 281 g/mol. The van der Waals surface area contributed by atoms with Gasteiger partial charge in [0.25, 0.3) is 0 Å². The lowest BCUT2D eigenvalue weighted by atomic mass is 9.98. The zero-order valence-corrected chi connectivity index (χ0v) is 13.9. The van der Waals surface area contributed by atoms with Crippen LogP contribution in [0, 0.1) is 6.07 Å². The van der Waals surface area contributed by atoms with E-state index in [1.807, 2.05) is 6.07 Å². The van der Waals surface area contributed by atoms with Crippen LogP contribution >= 0.6 is 0 Å². The van der Waals surface area contributed by atoms with Crippen LogP contribution in [0.25, 0.3) is 18.2 Å². The minimum Gasteiger partial charge on any atom is -0.0839 e. The molecule has 1 rings (SSSR count). The predicted octanol–water partition coefficient (Wildman–Crippen LogP) is 6.93. The quantitative estimate of drug-likeness (QED) is 0.460. The van der Waals surface area contributed by atoms with Crippen LogP contribution in [0.2, 0.25) is 0 Å². The van der Waals surface area contributed by atoms with Crippen molar-refractivity contribution in [2.45, 2.75) is 59.3 Å². The molecule has 0 bridgehead atoms. The van der Waals surface area contributed by atoms with Gasteiger partial charge in [0, 0.05) is 0 Å². The molecular formula is C21H29. The fraction of sp³-hybridized carbons (Fsp3) is 0.429. The van der Waals surface area contributed by atoms with Gasteiger partial charge < -0.3 is 0 Å². The van der Waals surface area contributed by atoms with E-state index in [2.05, 4.69) is 69.4 Å². The summed E-state index contributed by atoms with van der Waals surface area (Å²) in [5.74, 6) is 0. The molecule has 0 aliphatic rings. The Morgan fingerprint density at radius 1 is 0.810 bits per heavy atom. The van der Waals surface area contributed by atoms with Crippen molar-refractivity contribution in [1.29, 1.82) is 0 Å². The van der Waals surface area contributed by atoms with Crippen molar-refractivity contribution >= 4 is 18.2 Å². The third-order valence-corrected chi connectivity index (χ3v) is 3.34. The molecule has 0 aromatic heterocycles. The molecule has 0 spiro atoms. The van der Waals surface area contributed by atoms with E-state index < -0.39 is 0 Å². The van der Waals surface area contributed by atoms with Crippen molar-refractivity contribution in [3.8, 4) is 0 Å². The SMILES string of the molecule is CCC/C=C/c1[c]ccc(/C=C/CCC)c1/C=C/CCC. The summed E-state index contributed by atoms with van der Waals surface area (Å²) < 4.78 is 0. The topological polar surface area (TPSA) is 0 Å². The van der Waals surface area contributed by atoms with Gasteiger partial charge in [0.15, 0.2) is 0 Å². The van der Waals surface area contributed by atoms with Crippen LogP contribution in [0.1, 0.15) is 76.0 Å². The molecule has 1 radical (unpaired) electrons. The van der Waals surface area contributed by atoms with Crippen molar-refractivity contribution in [2.75, 3.05) is 0 Å². The van der Waals surface area contributed by atoms with Crippen LogP contribution in [0.4, 0.5) is 0 Å². The molecule has 0 fully saturated rings. The van der Waals surface area contributed by atoms with Crippen LogP contribution < -0.4 is 0 Å². The van der Waals surface area contributed by atoms with Gasteiger partial charge in [-0.2, -0.15) is 0 Å². The highest BCUT2D eigenvalue weighted by atomic mass is 14.1. The molecule has 0 N–H and O–H groups in total. The maximum atomic E-state index is 3.38. The normalized spacial score (nSPS) is 12.1. The van der Waals surface area contributed by atoms with E-state index in [0.717, 1.165) is 19.3 Å². The van der Waals surface area contributed by atoms with Crippen LogP contribution in [0.3, 0.4) is 0 Å². The van der Waals surface area contributed by atoms with Gasteiger partial charge in [0.05, 0.1) is 0 Å². The summed E-state index contributed by atoms with van der Waals surface area (Å²) in [6, 6.07) is 7.58. The molecule has 21 heavy (non-hydrogen) atoms. The lowest BCUT2D eigenvalue weighted by molar-refractivity contribution is 0.961. The Hall–Kier alpha value is -1.56. The number of unbranched alkanes of at least 4 members (excludes halogenated alkanes) is 3. The largest absolute Gasteiger partial charge is 0.0839 e.